The summed E-state index contributed by atoms with van der Waals surface area (Å²) in [6.07, 6.45) is 9.20. The van der Waals surface area contributed by atoms with Crippen LogP contribution >= 0.6 is 0 Å². The molecule has 0 bridgehead atoms. The summed E-state index contributed by atoms with van der Waals surface area (Å²) in [4.78, 5) is 4.75. The topological polar surface area (TPSA) is 36.8 Å². The normalized spacial score (nSPS) is 20.9. The Balaban J connectivity index is 2.77. The summed E-state index contributed by atoms with van der Waals surface area (Å²) in [5.41, 5.74) is 4.62. The maximum Gasteiger partial charge on any atom is 0.0591 e. The van der Waals surface area contributed by atoms with E-state index in [0.29, 0.717) is 17.9 Å². The van der Waals surface area contributed by atoms with Gasteiger partial charge in [-0.3, -0.25) is 4.99 Å². The summed E-state index contributed by atoms with van der Waals surface area (Å²) in [7, 11) is 0. The van der Waals surface area contributed by atoms with E-state index in [0.717, 1.165) is 19.4 Å². The molecule has 110 valence electrons. The van der Waals surface area contributed by atoms with Crippen LogP contribution in [0, 0.1) is 11.8 Å². The second-order valence-electron chi connectivity index (χ2n) is 5.50. The van der Waals surface area contributed by atoms with E-state index in [1.165, 1.54) is 31.4 Å². The highest BCUT2D eigenvalue weighted by molar-refractivity contribution is 5.91. The third-order valence-corrected chi connectivity index (χ3v) is 3.95. The number of hydrogen-bond donors (Lipinski definition) is 1. The van der Waals surface area contributed by atoms with Crippen molar-refractivity contribution in [2.75, 3.05) is 6.54 Å². The fourth-order valence-electron chi connectivity index (χ4n) is 3.02. The molecule has 3 nitrogen and oxygen atoms in total. The van der Waals surface area contributed by atoms with Gasteiger partial charge >= 0.3 is 0 Å². The minimum Gasteiger partial charge on any atom is -0.309 e. The lowest BCUT2D eigenvalue weighted by Gasteiger charge is -2.24. The first-order valence-corrected chi connectivity index (χ1v) is 8.10. The van der Waals surface area contributed by atoms with Gasteiger partial charge in [-0.25, -0.2) is 0 Å². The molecule has 1 N–H and O–H groups in total. The molecule has 0 spiro atoms. The maximum atomic E-state index is 4.75. The van der Waals surface area contributed by atoms with E-state index in [-0.39, 0.29) is 0 Å². The second-order valence-corrected chi connectivity index (χ2v) is 5.50. The molecule has 0 aliphatic carbocycles. The van der Waals surface area contributed by atoms with Crippen molar-refractivity contribution in [1.29, 1.82) is 0 Å². The maximum absolute atomic E-state index is 4.75. The Hall–Kier alpha value is -0.860. The lowest BCUT2D eigenvalue weighted by molar-refractivity contribution is 0.481. The average Bonchev–Trinajstić information content (AvgIpc) is 2.89. The fourth-order valence-corrected chi connectivity index (χ4v) is 3.02. The first-order valence-electron chi connectivity index (χ1n) is 8.10. The van der Waals surface area contributed by atoms with Crippen molar-refractivity contribution in [2.45, 2.75) is 72.3 Å². The van der Waals surface area contributed by atoms with Gasteiger partial charge in [0.2, 0.25) is 0 Å². The van der Waals surface area contributed by atoms with Crippen molar-refractivity contribution < 1.29 is 0 Å². The molecule has 0 fully saturated rings. The molecule has 1 aliphatic heterocycles. The van der Waals surface area contributed by atoms with Gasteiger partial charge < -0.3 is 5.43 Å². The van der Waals surface area contributed by atoms with Crippen molar-refractivity contribution in [3.05, 3.63) is 0 Å². The van der Waals surface area contributed by atoms with Crippen LogP contribution in [0.3, 0.4) is 0 Å². The molecule has 1 aliphatic rings. The summed E-state index contributed by atoms with van der Waals surface area (Å²) in [5.74, 6) is 1.16. The minimum absolute atomic E-state index is 0.407. The van der Waals surface area contributed by atoms with Crippen LogP contribution in [0.1, 0.15) is 66.2 Å². The molecule has 1 rings (SSSR count). The third kappa shape index (κ3) is 4.63. The Bertz CT molecular complexity index is 290. The Morgan fingerprint density at radius 2 is 1.95 bits per heavy atom. The number of rotatable bonds is 9. The molecule has 19 heavy (non-hydrogen) atoms. The van der Waals surface area contributed by atoms with Crippen molar-refractivity contribution >= 4 is 11.9 Å². The highest BCUT2D eigenvalue weighted by atomic mass is 15.3. The molecule has 0 aromatic rings. The summed E-state index contributed by atoms with van der Waals surface area (Å²) in [5, 5.41) is 4.62. The van der Waals surface area contributed by atoms with Gasteiger partial charge in [0.1, 0.15) is 0 Å². The van der Waals surface area contributed by atoms with E-state index in [1.54, 1.807) is 0 Å². The molecule has 0 aromatic carbocycles. The summed E-state index contributed by atoms with van der Waals surface area (Å²) < 4.78 is 0. The standard InChI is InChI=1S/C16H31N3/c1-5-9-13(10-6-2)16-14(12-18-19-16)15(8-4)17-11-7-3/h11,13-15,18H,5-10,12H2,1-4H3/b17-11-. The quantitative estimate of drug-likeness (QED) is 0.628. The van der Waals surface area contributed by atoms with Gasteiger partial charge in [-0.15, -0.1) is 0 Å². The lowest BCUT2D eigenvalue weighted by atomic mass is 9.82. The highest BCUT2D eigenvalue weighted by Gasteiger charge is 2.32. The smallest absolute Gasteiger partial charge is 0.0591 e. The zero-order valence-electron chi connectivity index (χ0n) is 13.2. The zero-order valence-corrected chi connectivity index (χ0v) is 13.2. The average molecular weight is 265 g/mol. The molecule has 1 heterocycles. The van der Waals surface area contributed by atoms with Crippen LogP contribution in [0.5, 0.6) is 0 Å². The number of nitrogens with one attached hydrogen (secondary N) is 1. The zero-order chi connectivity index (χ0) is 14.1. The van der Waals surface area contributed by atoms with Gasteiger partial charge in [0.25, 0.3) is 0 Å². The Labute approximate surface area is 119 Å². The van der Waals surface area contributed by atoms with E-state index < -0.39 is 0 Å². The van der Waals surface area contributed by atoms with Gasteiger partial charge in [-0.2, -0.15) is 5.10 Å². The Morgan fingerprint density at radius 3 is 2.47 bits per heavy atom. The van der Waals surface area contributed by atoms with Crippen molar-refractivity contribution in [3.8, 4) is 0 Å². The monoisotopic (exact) mass is 265 g/mol. The number of hydrazone groups is 1. The van der Waals surface area contributed by atoms with E-state index in [4.69, 9.17) is 4.99 Å². The number of aliphatic imine (C=N–C) groups is 1. The molecule has 0 saturated carbocycles. The molecule has 0 radical (unpaired) electrons. The van der Waals surface area contributed by atoms with E-state index in [9.17, 15) is 0 Å². The van der Waals surface area contributed by atoms with Crippen LogP contribution in [0.4, 0.5) is 0 Å². The first-order chi connectivity index (χ1) is 9.28. The summed E-state index contributed by atoms with van der Waals surface area (Å²) >= 11 is 0. The van der Waals surface area contributed by atoms with Crippen molar-refractivity contribution in [2.24, 2.45) is 21.9 Å². The molecule has 2 atom stereocenters. The van der Waals surface area contributed by atoms with Gasteiger partial charge in [0.15, 0.2) is 0 Å². The van der Waals surface area contributed by atoms with Crippen molar-refractivity contribution in [1.82, 2.24) is 5.43 Å². The molecule has 0 amide bonds. The number of nitrogens with zero attached hydrogens (tertiary/aromatic N) is 2. The van der Waals surface area contributed by atoms with Crippen LogP contribution in [0.2, 0.25) is 0 Å². The SMILES string of the molecule is CC/C=N\C(CC)C1CNN=C1C(CCC)CCC. The van der Waals surface area contributed by atoms with Gasteiger partial charge in [-0.05, 0) is 37.8 Å². The van der Waals surface area contributed by atoms with Crippen LogP contribution < -0.4 is 5.43 Å². The largest absolute Gasteiger partial charge is 0.309 e. The first kappa shape index (κ1) is 16.2. The van der Waals surface area contributed by atoms with Crippen LogP contribution in [-0.2, 0) is 0 Å². The van der Waals surface area contributed by atoms with Crippen LogP contribution in [0.25, 0.3) is 0 Å². The Kier molecular flexibility index (Phi) is 7.76. The van der Waals surface area contributed by atoms with Gasteiger partial charge in [0.05, 0.1) is 6.04 Å². The van der Waals surface area contributed by atoms with Crippen molar-refractivity contribution in [3.63, 3.8) is 0 Å². The highest BCUT2D eigenvalue weighted by Crippen LogP contribution is 2.26. The van der Waals surface area contributed by atoms with E-state index in [2.05, 4.69) is 44.4 Å². The minimum atomic E-state index is 0.407. The van der Waals surface area contributed by atoms with E-state index >= 15 is 0 Å². The van der Waals surface area contributed by atoms with Gasteiger partial charge in [-0.1, -0.05) is 40.5 Å². The summed E-state index contributed by atoms with van der Waals surface area (Å²) in [6.45, 7) is 9.90. The van der Waals surface area contributed by atoms with Crippen LogP contribution in [0.15, 0.2) is 10.1 Å². The molecule has 3 heteroatoms. The molecule has 2 unspecified atom stereocenters. The number of hydrogen-bond acceptors (Lipinski definition) is 3. The van der Waals surface area contributed by atoms with Gasteiger partial charge in [0, 0.05) is 18.2 Å². The molecular formula is C16H31N3. The predicted molar refractivity (Wildman–Crippen MR) is 85.1 cm³/mol. The molecular weight excluding hydrogens is 234 g/mol. The van der Waals surface area contributed by atoms with Crippen LogP contribution in [-0.4, -0.2) is 24.5 Å². The predicted octanol–water partition coefficient (Wildman–Crippen LogP) is 4.04. The molecule has 0 saturated heterocycles. The third-order valence-electron chi connectivity index (χ3n) is 3.95. The second kappa shape index (κ2) is 9.11. The summed E-state index contributed by atoms with van der Waals surface area (Å²) in [6, 6.07) is 0.407. The lowest BCUT2D eigenvalue weighted by Crippen LogP contribution is -2.32. The molecule has 0 aromatic heterocycles. The van der Waals surface area contributed by atoms with E-state index in [1.807, 2.05) is 0 Å². The Morgan fingerprint density at radius 1 is 1.26 bits per heavy atom. The fraction of sp³-hybridized carbons (Fsp3) is 0.875.